The molecule has 3 rings (SSSR count). The van der Waals surface area contributed by atoms with Crippen molar-refractivity contribution >= 4 is 11.6 Å². The minimum atomic E-state index is -0.256. The second kappa shape index (κ2) is 5.05. The Morgan fingerprint density at radius 3 is 2.33 bits per heavy atom. The summed E-state index contributed by atoms with van der Waals surface area (Å²) in [7, 11) is 1.62. The van der Waals surface area contributed by atoms with E-state index in [0.717, 1.165) is 16.9 Å². The van der Waals surface area contributed by atoms with Gasteiger partial charge >= 0.3 is 0 Å². The van der Waals surface area contributed by atoms with Gasteiger partial charge in [-0.05, 0) is 36.8 Å². The summed E-state index contributed by atoms with van der Waals surface area (Å²) in [6.07, 6.45) is 3.08. The fraction of sp³-hybridized carbons (Fsp3) is 0.176. The van der Waals surface area contributed by atoms with E-state index in [1.165, 1.54) is 12.2 Å². The molecular weight excluding hydrogens is 268 g/mol. The molecule has 21 heavy (non-hydrogen) atoms. The SMILES string of the molecule is COc1ccc(Cc2oc3c(c2C)C(=O)C=CC3=O)cc1. The van der Waals surface area contributed by atoms with Crippen LogP contribution in [0.4, 0.5) is 0 Å². The van der Waals surface area contributed by atoms with Gasteiger partial charge in [-0.25, -0.2) is 0 Å². The number of hydrogen-bond acceptors (Lipinski definition) is 4. The molecule has 1 aliphatic rings. The second-order valence-corrected chi connectivity index (χ2v) is 4.94. The lowest BCUT2D eigenvalue weighted by Gasteiger charge is -2.02. The van der Waals surface area contributed by atoms with Gasteiger partial charge in [0.2, 0.25) is 5.78 Å². The highest BCUT2D eigenvalue weighted by Crippen LogP contribution is 2.28. The maximum Gasteiger partial charge on any atom is 0.221 e. The first-order valence-corrected chi connectivity index (χ1v) is 6.62. The fourth-order valence-electron chi connectivity index (χ4n) is 2.44. The van der Waals surface area contributed by atoms with Gasteiger partial charge in [-0.3, -0.25) is 9.59 Å². The predicted molar refractivity (Wildman–Crippen MR) is 77.0 cm³/mol. The monoisotopic (exact) mass is 282 g/mol. The molecule has 106 valence electrons. The van der Waals surface area contributed by atoms with Crippen LogP contribution in [0.2, 0.25) is 0 Å². The van der Waals surface area contributed by atoms with Crippen LogP contribution in [-0.4, -0.2) is 18.7 Å². The first-order valence-electron chi connectivity index (χ1n) is 6.62. The van der Waals surface area contributed by atoms with Gasteiger partial charge in [0.15, 0.2) is 11.5 Å². The summed E-state index contributed by atoms with van der Waals surface area (Å²) in [4.78, 5) is 23.7. The molecule has 0 saturated heterocycles. The van der Waals surface area contributed by atoms with Crippen LogP contribution < -0.4 is 4.74 Å². The molecule has 0 bridgehead atoms. The van der Waals surface area contributed by atoms with E-state index in [4.69, 9.17) is 9.15 Å². The smallest absolute Gasteiger partial charge is 0.221 e. The molecule has 0 atom stereocenters. The molecule has 1 aromatic carbocycles. The van der Waals surface area contributed by atoms with E-state index in [1.807, 2.05) is 31.2 Å². The molecular formula is C17H14O4. The van der Waals surface area contributed by atoms with Crippen molar-refractivity contribution in [2.45, 2.75) is 13.3 Å². The highest BCUT2D eigenvalue weighted by atomic mass is 16.5. The number of furan rings is 1. The first-order chi connectivity index (χ1) is 10.1. The Hall–Kier alpha value is -2.62. The topological polar surface area (TPSA) is 56.5 Å². The molecule has 0 spiro atoms. The lowest BCUT2D eigenvalue weighted by molar-refractivity contribution is 0.0974. The third-order valence-corrected chi connectivity index (χ3v) is 3.63. The molecule has 0 N–H and O–H groups in total. The molecule has 2 aromatic rings. The fourth-order valence-corrected chi connectivity index (χ4v) is 2.44. The number of ether oxygens (including phenoxy) is 1. The molecule has 0 radical (unpaired) electrons. The highest BCUT2D eigenvalue weighted by molar-refractivity contribution is 6.21. The quantitative estimate of drug-likeness (QED) is 0.868. The lowest BCUT2D eigenvalue weighted by Crippen LogP contribution is -2.09. The van der Waals surface area contributed by atoms with Crippen LogP contribution in [0.25, 0.3) is 0 Å². The third kappa shape index (κ3) is 2.29. The molecule has 0 unspecified atom stereocenters. The van der Waals surface area contributed by atoms with Gasteiger partial charge in [-0.1, -0.05) is 12.1 Å². The van der Waals surface area contributed by atoms with Crippen LogP contribution in [0, 0.1) is 6.92 Å². The number of ketones is 2. The van der Waals surface area contributed by atoms with Crippen molar-refractivity contribution in [2.75, 3.05) is 7.11 Å². The Kier molecular flexibility index (Phi) is 3.22. The molecule has 0 fully saturated rings. The summed E-state index contributed by atoms with van der Waals surface area (Å²) >= 11 is 0. The average molecular weight is 282 g/mol. The van der Waals surface area contributed by atoms with Crippen molar-refractivity contribution in [2.24, 2.45) is 0 Å². The maximum atomic E-state index is 11.9. The molecule has 0 aliphatic heterocycles. The number of benzene rings is 1. The van der Waals surface area contributed by atoms with Gasteiger partial charge in [0.05, 0.1) is 12.7 Å². The van der Waals surface area contributed by atoms with Crippen molar-refractivity contribution in [3.8, 4) is 5.75 Å². The van der Waals surface area contributed by atoms with E-state index in [0.29, 0.717) is 17.7 Å². The molecule has 4 heteroatoms. The van der Waals surface area contributed by atoms with Crippen molar-refractivity contribution in [1.82, 2.24) is 0 Å². The summed E-state index contributed by atoms with van der Waals surface area (Å²) in [6, 6.07) is 7.60. The van der Waals surface area contributed by atoms with Gasteiger partial charge in [-0.15, -0.1) is 0 Å². The number of methoxy groups -OCH3 is 1. The Balaban J connectivity index is 1.95. The summed E-state index contributed by atoms with van der Waals surface area (Å²) in [6.45, 7) is 1.81. The van der Waals surface area contributed by atoms with Crippen LogP contribution in [0.5, 0.6) is 5.75 Å². The predicted octanol–water partition coefficient (Wildman–Crippen LogP) is 3.12. The van der Waals surface area contributed by atoms with Gasteiger partial charge in [0.25, 0.3) is 0 Å². The highest BCUT2D eigenvalue weighted by Gasteiger charge is 2.28. The van der Waals surface area contributed by atoms with Crippen molar-refractivity contribution in [1.29, 1.82) is 0 Å². The number of carbonyl (C=O) groups excluding carboxylic acids is 2. The zero-order valence-corrected chi connectivity index (χ0v) is 11.8. The van der Waals surface area contributed by atoms with Crippen LogP contribution in [-0.2, 0) is 6.42 Å². The van der Waals surface area contributed by atoms with E-state index in [9.17, 15) is 9.59 Å². The van der Waals surface area contributed by atoms with Crippen molar-refractivity contribution in [3.63, 3.8) is 0 Å². The minimum Gasteiger partial charge on any atom is -0.497 e. The number of hydrogen-bond donors (Lipinski definition) is 0. The van der Waals surface area contributed by atoms with E-state index < -0.39 is 0 Å². The Morgan fingerprint density at radius 2 is 1.71 bits per heavy atom. The van der Waals surface area contributed by atoms with Crippen LogP contribution in [0.15, 0.2) is 40.8 Å². The summed E-state index contributed by atoms with van der Waals surface area (Å²) in [5.74, 6) is 1.16. The normalized spacial score (nSPS) is 13.4. The molecule has 0 amide bonds. The number of carbonyl (C=O) groups is 2. The number of allylic oxidation sites excluding steroid dienone is 2. The Morgan fingerprint density at radius 1 is 1.05 bits per heavy atom. The number of rotatable bonds is 3. The second-order valence-electron chi connectivity index (χ2n) is 4.94. The van der Waals surface area contributed by atoms with Crippen LogP contribution in [0.3, 0.4) is 0 Å². The zero-order valence-electron chi connectivity index (χ0n) is 11.8. The van der Waals surface area contributed by atoms with Gasteiger partial charge in [0.1, 0.15) is 11.5 Å². The van der Waals surface area contributed by atoms with Gasteiger partial charge < -0.3 is 9.15 Å². The lowest BCUT2D eigenvalue weighted by atomic mass is 9.97. The number of fused-ring (bicyclic) bond motifs is 1. The summed E-state index contributed by atoms with van der Waals surface area (Å²) in [5.41, 5.74) is 2.16. The molecule has 1 aliphatic carbocycles. The van der Waals surface area contributed by atoms with Crippen molar-refractivity contribution in [3.05, 3.63) is 64.6 Å². The first kappa shape index (κ1) is 13.4. The Bertz CT molecular complexity index is 748. The standard InChI is InChI=1S/C17H14O4/c1-10-15(9-11-3-5-12(20-2)6-4-11)21-17-14(19)8-7-13(18)16(10)17/h3-8H,9H2,1-2H3. The van der Waals surface area contributed by atoms with E-state index in [-0.39, 0.29) is 17.3 Å². The zero-order chi connectivity index (χ0) is 15.0. The third-order valence-electron chi connectivity index (χ3n) is 3.63. The van der Waals surface area contributed by atoms with E-state index in [1.54, 1.807) is 7.11 Å². The largest absolute Gasteiger partial charge is 0.497 e. The maximum absolute atomic E-state index is 11.9. The molecule has 1 aromatic heterocycles. The Labute approximate surface area is 122 Å². The van der Waals surface area contributed by atoms with Gasteiger partial charge in [-0.2, -0.15) is 0 Å². The average Bonchev–Trinajstić information content (AvgIpc) is 2.82. The molecule has 1 heterocycles. The van der Waals surface area contributed by atoms with Gasteiger partial charge in [0, 0.05) is 12.0 Å². The van der Waals surface area contributed by atoms with Crippen molar-refractivity contribution < 1.29 is 18.7 Å². The summed E-state index contributed by atoms with van der Waals surface area (Å²) < 4.78 is 10.7. The minimum absolute atomic E-state index is 0.156. The molecule has 0 saturated carbocycles. The van der Waals surface area contributed by atoms with Crippen LogP contribution in [0.1, 0.15) is 37.8 Å². The van der Waals surface area contributed by atoms with E-state index in [2.05, 4.69) is 0 Å². The van der Waals surface area contributed by atoms with E-state index >= 15 is 0 Å². The summed E-state index contributed by atoms with van der Waals surface area (Å²) in [5, 5.41) is 0. The molecule has 4 nitrogen and oxygen atoms in total. The van der Waals surface area contributed by atoms with Crippen LogP contribution >= 0.6 is 0 Å².